The summed E-state index contributed by atoms with van der Waals surface area (Å²) < 4.78 is 0. The van der Waals surface area contributed by atoms with Crippen molar-refractivity contribution in [3.8, 4) is 0 Å². The first-order valence-electron chi connectivity index (χ1n) is 6.42. The summed E-state index contributed by atoms with van der Waals surface area (Å²) in [7, 11) is 0. The van der Waals surface area contributed by atoms with Crippen molar-refractivity contribution in [1.82, 2.24) is 9.97 Å². The van der Waals surface area contributed by atoms with Crippen molar-refractivity contribution in [2.45, 2.75) is 44.4 Å². The number of anilines is 2. The summed E-state index contributed by atoms with van der Waals surface area (Å²) in [5, 5.41) is 4.24. The smallest absolute Gasteiger partial charge is 0.148 e. The molecule has 0 radical (unpaired) electrons. The highest BCUT2D eigenvalue weighted by Gasteiger charge is 2.27. The van der Waals surface area contributed by atoms with Crippen LogP contribution in [0.3, 0.4) is 0 Å². The van der Waals surface area contributed by atoms with Gasteiger partial charge in [0.15, 0.2) is 0 Å². The Morgan fingerprint density at radius 2 is 2.17 bits per heavy atom. The van der Waals surface area contributed by atoms with E-state index in [0.29, 0.717) is 17.1 Å². The van der Waals surface area contributed by atoms with E-state index in [2.05, 4.69) is 27.6 Å². The Kier molecular flexibility index (Phi) is 4.66. The maximum atomic E-state index is 5.43. The van der Waals surface area contributed by atoms with Gasteiger partial charge in [0.25, 0.3) is 0 Å². The van der Waals surface area contributed by atoms with Gasteiger partial charge in [-0.1, -0.05) is 13.3 Å². The number of nitrogens with zero attached hydrogens (tertiary/aromatic N) is 2. The van der Waals surface area contributed by atoms with E-state index in [1.165, 1.54) is 25.0 Å². The monoisotopic (exact) mass is 267 g/mol. The molecule has 0 aliphatic heterocycles. The topological polar surface area (TPSA) is 75.9 Å². The Morgan fingerprint density at radius 1 is 1.39 bits per heavy atom. The van der Waals surface area contributed by atoms with Gasteiger partial charge in [0.1, 0.15) is 18.0 Å². The molecule has 0 aromatic carbocycles. The first kappa shape index (κ1) is 13.4. The van der Waals surface area contributed by atoms with Crippen LogP contribution in [0.2, 0.25) is 0 Å². The molecule has 1 fully saturated rings. The molecule has 5 nitrogen and oxygen atoms in total. The van der Waals surface area contributed by atoms with E-state index in [0.717, 1.165) is 11.4 Å². The van der Waals surface area contributed by atoms with Crippen LogP contribution < -0.4 is 16.6 Å². The van der Waals surface area contributed by atoms with Gasteiger partial charge in [-0.2, -0.15) is 11.8 Å². The Labute approximate surface area is 112 Å². The standard InChI is InChI=1S/C12H21N5S/c1-3-18-10-6-4-5-9(10)16-11-8(2)12(17-13)15-7-14-11/h7,9-10H,3-6,13H2,1-2H3,(H2,14,15,16,17). The molecule has 1 aliphatic carbocycles. The molecule has 1 saturated carbocycles. The van der Waals surface area contributed by atoms with Crippen LogP contribution >= 0.6 is 11.8 Å². The van der Waals surface area contributed by atoms with E-state index in [4.69, 9.17) is 5.84 Å². The number of nitrogens with one attached hydrogen (secondary N) is 2. The fourth-order valence-corrected chi connectivity index (χ4v) is 3.62. The summed E-state index contributed by atoms with van der Waals surface area (Å²) >= 11 is 2.04. The van der Waals surface area contributed by atoms with E-state index in [9.17, 15) is 0 Å². The van der Waals surface area contributed by atoms with Gasteiger partial charge in [0.2, 0.25) is 0 Å². The second kappa shape index (κ2) is 6.24. The number of nitrogens with two attached hydrogens (primary N) is 1. The second-order valence-corrected chi connectivity index (χ2v) is 6.03. The summed E-state index contributed by atoms with van der Waals surface area (Å²) in [6.07, 6.45) is 5.34. The number of nitrogen functional groups attached to an aromatic ring is 1. The first-order valence-corrected chi connectivity index (χ1v) is 7.47. The molecule has 6 heteroatoms. The first-order chi connectivity index (χ1) is 8.76. The minimum absolute atomic E-state index is 0.508. The highest BCUT2D eigenvalue weighted by atomic mass is 32.2. The van der Waals surface area contributed by atoms with Crippen LogP contribution in [0.15, 0.2) is 6.33 Å². The van der Waals surface area contributed by atoms with Crippen molar-refractivity contribution >= 4 is 23.4 Å². The van der Waals surface area contributed by atoms with Gasteiger partial charge in [-0.25, -0.2) is 15.8 Å². The zero-order valence-electron chi connectivity index (χ0n) is 10.9. The zero-order chi connectivity index (χ0) is 13.0. The summed E-state index contributed by atoms with van der Waals surface area (Å²) in [6, 6.07) is 0.508. The van der Waals surface area contributed by atoms with Crippen molar-refractivity contribution in [3.63, 3.8) is 0 Å². The Bertz CT molecular complexity index is 398. The fourth-order valence-electron chi connectivity index (χ4n) is 2.42. The second-order valence-electron chi connectivity index (χ2n) is 4.52. The van der Waals surface area contributed by atoms with Crippen LogP contribution in [-0.4, -0.2) is 27.0 Å². The van der Waals surface area contributed by atoms with Crippen molar-refractivity contribution < 1.29 is 0 Å². The summed E-state index contributed by atoms with van der Waals surface area (Å²) in [5.74, 6) is 8.18. The lowest BCUT2D eigenvalue weighted by Gasteiger charge is -2.22. The molecule has 2 atom stereocenters. The number of thioether (sulfide) groups is 1. The molecule has 18 heavy (non-hydrogen) atoms. The minimum Gasteiger partial charge on any atom is -0.366 e. The molecule has 2 rings (SSSR count). The lowest BCUT2D eigenvalue weighted by atomic mass is 10.2. The molecular formula is C12H21N5S. The highest BCUT2D eigenvalue weighted by Crippen LogP contribution is 2.32. The Balaban J connectivity index is 2.09. The Hall–Kier alpha value is -1.01. The molecule has 1 aromatic rings. The van der Waals surface area contributed by atoms with E-state index in [1.54, 1.807) is 6.33 Å². The van der Waals surface area contributed by atoms with Crippen LogP contribution in [0, 0.1) is 6.92 Å². The van der Waals surface area contributed by atoms with Gasteiger partial charge in [0.05, 0.1) is 0 Å². The number of hydrogen-bond acceptors (Lipinski definition) is 6. The summed E-state index contributed by atoms with van der Waals surface area (Å²) in [6.45, 7) is 4.20. The van der Waals surface area contributed by atoms with Crippen molar-refractivity contribution in [2.24, 2.45) is 5.84 Å². The largest absolute Gasteiger partial charge is 0.366 e. The predicted octanol–water partition coefficient (Wildman–Crippen LogP) is 2.16. The van der Waals surface area contributed by atoms with Gasteiger partial charge in [0, 0.05) is 16.9 Å². The lowest BCUT2D eigenvalue weighted by Crippen LogP contribution is -2.27. The van der Waals surface area contributed by atoms with Gasteiger partial charge in [-0.15, -0.1) is 0 Å². The zero-order valence-corrected chi connectivity index (χ0v) is 11.8. The highest BCUT2D eigenvalue weighted by molar-refractivity contribution is 7.99. The van der Waals surface area contributed by atoms with E-state index in [-0.39, 0.29) is 0 Å². The average Bonchev–Trinajstić information content (AvgIpc) is 2.80. The SMILES string of the molecule is CCSC1CCCC1Nc1ncnc(NN)c1C. The average molecular weight is 267 g/mol. The van der Waals surface area contributed by atoms with Crippen LogP contribution in [-0.2, 0) is 0 Å². The maximum absolute atomic E-state index is 5.43. The van der Waals surface area contributed by atoms with Gasteiger partial charge >= 0.3 is 0 Å². The van der Waals surface area contributed by atoms with E-state index >= 15 is 0 Å². The summed E-state index contributed by atoms with van der Waals surface area (Å²) in [5.41, 5.74) is 3.58. The molecule has 1 aromatic heterocycles. The molecule has 2 unspecified atom stereocenters. The number of hydrogen-bond donors (Lipinski definition) is 3. The minimum atomic E-state index is 0.508. The maximum Gasteiger partial charge on any atom is 0.148 e. The van der Waals surface area contributed by atoms with E-state index in [1.807, 2.05) is 18.7 Å². The van der Waals surface area contributed by atoms with Crippen molar-refractivity contribution in [1.29, 1.82) is 0 Å². The number of aromatic nitrogens is 2. The van der Waals surface area contributed by atoms with Crippen molar-refractivity contribution in [3.05, 3.63) is 11.9 Å². The lowest BCUT2D eigenvalue weighted by molar-refractivity contribution is 0.760. The molecule has 0 spiro atoms. The van der Waals surface area contributed by atoms with Crippen LogP contribution in [0.1, 0.15) is 31.7 Å². The molecule has 0 saturated heterocycles. The predicted molar refractivity (Wildman–Crippen MR) is 77.8 cm³/mol. The number of hydrazine groups is 1. The fraction of sp³-hybridized carbons (Fsp3) is 0.667. The summed E-state index contributed by atoms with van der Waals surface area (Å²) in [4.78, 5) is 8.41. The molecule has 0 bridgehead atoms. The Morgan fingerprint density at radius 3 is 2.89 bits per heavy atom. The normalized spacial score (nSPS) is 23.1. The van der Waals surface area contributed by atoms with Gasteiger partial charge in [-0.3, -0.25) is 0 Å². The van der Waals surface area contributed by atoms with Crippen LogP contribution in [0.5, 0.6) is 0 Å². The van der Waals surface area contributed by atoms with E-state index < -0.39 is 0 Å². The molecule has 1 heterocycles. The van der Waals surface area contributed by atoms with Gasteiger partial charge in [-0.05, 0) is 25.5 Å². The third-order valence-corrected chi connectivity index (χ3v) is 4.70. The van der Waals surface area contributed by atoms with Crippen LogP contribution in [0.4, 0.5) is 11.6 Å². The van der Waals surface area contributed by atoms with Gasteiger partial charge < -0.3 is 10.7 Å². The molecular weight excluding hydrogens is 246 g/mol. The molecule has 4 N–H and O–H groups in total. The van der Waals surface area contributed by atoms with Crippen molar-refractivity contribution in [2.75, 3.05) is 16.5 Å². The molecule has 100 valence electrons. The molecule has 1 aliphatic rings. The van der Waals surface area contributed by atoms with Crippen LogP contribution in [0.25, 0.3) is 0 Å². The molecule has 0 amide bonds. The third-order valence-electron chi connectivity index (χ3n) is 3.38. The third kappa shape index (κ3) is 2.87. The quantitative estimate of drug-likeness (QED) is 0.560. The number of rotatable bonds is 5.